The summed E-state index contributed by atoms with van der Waals surface area (Å²) in [7, 11) is 1.46. The van der Waals surface area contributed by atoms with Gasteiger partial charge in [-0.15, -0.1) is 0 Å². The van der Waals surface area contributed by atoms with E-state index in [0.717, 1.165) is 22.0 Å². The second-order valence-corrected chi connectivity index (χ2v) is 10.8. The lowest BCUT2D eigenvalue weighted by Gasteiger charge is -2.29. The van der Waals surface area contributed by atoms with Crippen molar-refractivity contribution in [2.75, 3.05) is 33.3 Å². The molecule has 0 saturated carbocycles. The predicted octanol–water partition coefficient (Wildman–Crippen LogP) is 4.48. The fourth-order valence-electron chi connectivity index (χ4n) is 5.78. The van der Waals surface area contributed by atoms with Gasteiger partial charge in [-0.2, -0.15) is 18.3 Å². The van der Waals surface area contributed by atoms with Gasteiger partial charge < -0.3 is 15.4 Å². The molecule has 3 aromatic rings. The van der Waals surface area contributed by atoms with E-state index in [9.17, 15) is 22.8 Å². The molecule has 3 atom stereocenters. The van der Waals surface area contributed by atoms with Crippen LogP contribution in [-0.4, -0.2) is 64.7 Å². The number of primary amides is 1. The number of benzene rings is 2. The summed E-state index contributed by atoms with van der Waals surface area (Å²) in [5.74, 6) is -0.560. The number of ether oxygens (including phenoxy) is 1. The Bertz CT molecular complexity index is 1410. The summed E-state index contributed by atoms with van der Waals surface area (Å²) in [6.45, 7) is 3.67. The summed E-state index contributed by atoms with van der Waals surface area (Å²) in [5, 5.41) is 4.52. The molecule has 2 aliphatic rings. The van der Waals surface area contributed by atoms with Gasteiger partial charge in [0.2, 0.25) is 5.91 Å². The smallest absolute Gasteiger partial charge is 0.434 e. The van der Waals surface area contributed by atoms with E-state index in [1.807, 2.05) is 25.1 Å². The molecule has 8 nitrogen and oxygen atoms in total. The van der Waals surface area contributed by atoms with Crippen LogP contribution in [0.2, 0.25) is 5.02 Å². The lowest BCUT2D eigenvalue weighted by atomic mass is 10.0. The van der Waals surface area contributed by atoms with Gasteiger partial charge >= 0.3 is 6.18 Å². The highest BCUT2D eigenvalue weighted by molar-refractivity contribution is 6.31. The number of alkyl halides is 3. The molecule has 0 aliphatic carbocycles. The molecule has 2 aromatic carbocycles. The zero-order valence-corrected chi connectivity index (χ0v) is 22.7. The van der Waals surface area contributed by atoms with Gasteiger partial charge in [-0.1, -0.05) is 23.7 Å². The van der Waals surface area contributed by atoms with Crippen molar-refractivity contribution in [3.63, 3.8) is 0 Å². The maximum atomic E-state index is 14.2. The Morgan fingerprint density at radius 2 is 1.75 bits per heavy atom. The quantitative estimate of drug-likeness (QED) is 0.448. The number of carbonyl (C=O) groups is 2. The van der Waals surface area contributed by atoms with Crippen LogP contribution >= 0.6 is 11.6 Å². The number of likely N-dealkylation sites (tertiary alicyclic amines) is 2. The average Bonchev–Trinajstić information content (AvgIpc) is 3.62. The van der Waals surface area contributed by atoms with Gasteiger partial charge in [-0.05, 0) is 60.2 Å². The number of nitrogens with two attached hydrogens (primary N) is 1. The van der Waals surface area contributed by atoms with Gasteiger partial charge in [0.1, 0.15) is 5.75 Å². The number of carbonyl (C=O) groups excluding carboxylic acids is 2. The topological polar surface area (TPSA) is 93.7 Å². The summed E-state index contributed by atoms with van der Waals surface area (Å²) < 4.78 is 48.4. The third-order valence-electron chi connectivity index (χ3n) is 7.80. The van der Waals surface area contributed by atoms with Gasteiger partial charge in [0.05, 0.1) is 24.6 Å². The fourth-order valence-corrected chi connectivity index (χ4v) is 5.97. The lowest BCUT2D eigenvalue weighted by Crippen LogP contribution is -2.36. The number of methoxy groups -OCH3 is 1. The Labute approximate surface area is 234 Å². The van der Waals surface area contributed by atoms with Crippen molar-refractivity contribution >= 4 is 23.4 Å². The van der Waals surface area contributed by atoms with E-state index in [1.54, 1.807) is 0 Å². The monoisotopic (exact) mass is 575 g/mol. The van der Waals surface area contributed by atoms with Crippen LogP contribution in [0.3, 0.4) is 0 Å². The number of fused-ring (bicyclic) bond motifs is 1. The summed E-state index contributed by atoms with van der Waals surface area (Å²) in [6, 6.07) is 11.4. The number of halogens is 4. The summed E-state index contributed by atoms with van der Waals surface area (Å²) >= 11 is 6.34. The summed E-state index contributed by atoms with van der Waals surface area (Å²) in [6.07, 6.45) is -3.70. The molecule has 40 heavy (non-hydrogen) atoms. The van der Waals surface area contributed by atoms with Crippen molar-refractivity contribution < 1.29 is 27.5 Å². The number of amides is 2. The zero-order valence-electron chi connectivity index (χ0n) is 22.0. The van der Waals surface area contributed by atoms with Gasteiger partial charge in [0.15, 0.2) is 5.69 Å². The summed E-state index contributed by atoms with van der Waals surface area (Å²) in [5.41, 5.74) is 5.92. The molecule has 2 amide bonds. The Balaban J connectivity index is 1.34. The molecule has 0 bridgehead atoms. The minimum Gasteiger partial charge on any atom is -0.497 e. The molecule has 2 fully saturated rings. The molecule has 2 saturated heterocycles. The van der Waals surface area contributed by atoms with Crippen molar-refractivity contribution in [2.45, 2.75) is 25.6 Å². The molecule has 0 radical (unpaired) electrons. The molecule has 2 aliphatic heterocycles. The van der Waals surface area contributed by atoms with E-state index in [2.05, 4.69) is 10.00 Å². The maximum Gasteiger partial charge on any atom is 0.434 e. The first-order chi connectivity index (χ1) is 19.0. The molecule has 3 heterocycles. The highest BCUT2D eigenvalue weighted by Crippen LogP contribution is 2.40. The number of hydrogen-bond donors (Lipinski definition) is 1. The average molecular weight is 576 g/mol. The number of hydrogen-bond acceptors (Lipinski definition) is 5. The Morgan fingerprint density at radius 3 is 2.30 bits per heavy atom. The Hall–Kier alpha value is -3.57. The van der Waals surface area contributed by atoms with Crippen molar-refractivity contribution in [3.8, 4) is 11.4 Å². The van der Waals surface area contributed by atoms with Crippen molar-refractivity contribution in [2.24, 2.45) is 17.6 Å². The molecule has 0 spiro atoms. The van der Waals surface area contributed by atoms with Crippen LogP contribution in [-0.2, 0) is 11.0 Å². The molecule has 2 N–H and O–H groups in total. The van der Waals surface area contributed by atoms with E-state index in [-0.39, 0.29) is 30.0 Å². The number of nitrogens with zero attached hydrogens (tertiary/aromatic N) is 4. The summed E-state index contributed by atoms with van der Waals surface area (Å²) in [4.78, 5) is 28.9. The molecule has 5 rings (SSSR count). The molecular weight excluding hydrogens is 547 g/mol. The Kier molecular flexibility index (Phi) is 7.54. The highest BCUT2D eigenvalue weighted by atomic mass is 35.5. The largest absolute Gasteiger partial charge is 0.497 e. The van der Waals surface area contributed by atoms with Crippen LogP contribution in [0.5, 0.6) is 5.75 Å². The van der Waals surface area contributed by atoms with E-state index < -0.39 is 29.2 Å². The van der Waals surface area contributed by atoms with Gasteiger partial charge in [-0.25, -0.2) is 4.68 Å². The van der Waals surface area contributed by atoms with E-state index >= 15 is 0 Å². The SMILES string of the molecule is COc1ccc(-n2ncc(C(=O)N3CC4CN(C(CC(N)=O)c5ccc(C)c(Cl)c5)CC4C3)c2C(F)(F)F)cc1. The minimum absolute atomic E-state index is 0.0474. The van der Waals surface area contributed by atoms with Crippen molar-refractivity contribution in [3.05, 3.63) is 76.1 Å². The first-order valence-corrected chi connectivity index (χ1v) is 13.2. The molecular formula is C28H29ClF3N5O3. The van der Waals surface area contributed by atoms with Crippen molar-refractivity contribution in [1.82, 2.24) is 19.6 Å². The van der Waals surface area contributed by atoms with Gasteiger partial charge in [-0.3, -0.25) is 14.5 Å². The molecule has 212 valence electrons. The minimum atomic E-state index is -4.80. The van der Waals surface area contributed by atoms with Crippen LogP contribution < -0.4 is 10.5 Å². The third kappa shape index (κ3) is 5.40. The van der Waals surface area contributed by atoms with E-state index in [0.29, 0.717) is 37.0 Å². The number of aryl methyl sites for hydroxylation is 1. The molecule has 1 aromatic heterocycles. The third-order valence-corrected chi connectivity index (χ3v) is 8.21. The standard InChI is InChI=1S/C28H29ClF3N5O3/c1-16-3-4-17(9-23(16)29)24(10-25(33)38)35-12-18-14-36(15-19(18)13-35)27(39)22-11-34-37(26(22)28(30,31)32)20-5-7-21(40-2)8-6-20/h3-9,11,18-19,24H,10,12-15H2,1-2H3,(H2,33,38). The highest BCUT2D eigenvalue weighted by Gasteiger charge is 2.46. The number of rotatable bonds is 7. The van der Waals surface area contributed by atoms with Gasteiger partial charge in [0.25, 0.3) is 5.91 Å². The van der Waals surface area contributed by atoms with Crippen LogP contribution in [0, 0.1) is 18.8 Å². The van der Waals surface area contributed by atoms with Crippen molar-refractivity contribution in [1.29, 1.82) is 0 Å². The van der Waals surface area contributed by atoms with Crippen LogP contribution in [0.15, 0.2) is 48.7 Å². The molecule has 12 heteroatoms. The van der Waals surface area contributed by atoms with Crippen LogP contribution in [0.1, 0.15) is 39.6 Å². The first-order valence-electron chi connectivity index (χ1n) is 12.8. The number of aromatic nitrogens is 2. The molecule has 3 unspecified atom stereocenters. The van der Waals surface area contributed by atoms with Crippen LogP contribution in [0.25, 0.3) is 5.69 Å². The maximum absolute atomic E-state index is 14.2. The van der Waals surface area contributed by atoms with Gasteiger partial charge in [0, 0.05) is 43.7 Å². The zero-order chi connectivity index (χ0) is 28.8. The van der Waals surface area contributed by atoms with E-state index in [1.165, 1.54) is 36.3 Å². The lowest BCUT2D eigenvalue weighted by molar-refractivity contribution is -0.143. The Morgan fingerprint density at radius 1 is 1.10 bits per heavy atom. The van der Waals surface area contributed by atoms with E-state index in [4.69, 9.17) is 22.1 Å². The second kappa shape index (κ2) is 10.8. The second-order valence-electron chi connectivity index (χ2n) is 10.4. The first kappa shape index (κ1) is 28.0. The normalized spacial score (nSPS) is 20.0. The fraction of sp³-hybridized carbons (Fsp3) is 0.393. The van der Waals surface area contributed by atoms with Crippen LogP contribution in [0.4, 0.5) is 13.2 Å². The predicted molar refractivity (Wildman–Crippen MR) is 142 cm³/mol.